The Morgan fingerprint density at radius 1 is 1.28 bits per heavy atom. The van der Waals surface area contributed by atoms with Gasteiger partial charge in [0.25, 0.3) is 0 Å². The fraction of sp³-hybridized carbons (Fsp3) is 0.471. The van der Waals surface area contributed by atoms with Crippen LogP contribution in [0.15, 0.2) is 41.7 Å². The Balaban J connectivity index is 1.91. The van der Waals surface area contributed by atoms with Crippen LogP contribution in [0.2, 0.25) is 0 Å². The van der Waals surface area contributed by atoms with E-state index in [1.807, 2.05) is 38.2 Å². The van der Waals surface area contributed by atoms with Crippen molar-refractivity contribution in [3.05, 3.63) is 48.1 Å². The van der Waals surface area contributed by atoms with Gasteiger partial charge in [-0.05, 0) is 26.3 Å². The van der Waals surface area contributed by atoms with E-state index >= 15 is 0 Å². The van der Waals surface area contributed by atoms with Crippen molar-refractivity contribution in [2.45, 2.75) is 42.9 Å². The number of allylic oxidation sites excluding steroid dienone is 2. The number of aryl methyl sites for hydroxylation is 1. The van der Waals surface area contributed by atoms with Crippen molar-refractivity contribution in [1.82, 2.24) is 9.97 Å². The minimum Gasteiger partial charge on any atom is -0.372 e. The largest absolute Gasteiger partial charge is 0.372 e. The summed E-state index contributed by atoms with van der Waals surface area (Å²) in [4.78, 5) is 13.0. The molecule has 6 nitrogen and oxygen atoms in total. The summed E-state index contributed by atoms with van der Waals surface area (Å²) in [6, 6.07) is 0. The third kappa shape index (κ3) is 3.30. The molecule has 1 aliphatic carbocycles. The SMILES string of the molecule is CO[C@H](c1ncc(C)cn1)[C@H](C)S(=O)(=O)C1=NC2(C)C=CC=CC2S1. The number of nitrogens with zero attached hydrogens (tertiary/aromatic N) is 3. The number of hydrogen-bond donors (Lipinski definition) is 0. The van der Waals surface area contributed by atoms with E-state index in [-0.39, 0.29) is 9.63 Å². The molecule has 0 saturated heterocycles. The minimum absolute atomic E-state index is 0.00825. The highest BCUT2D eigenvalue weighted by molar-refractivity contribution is 8.36. The van der Waals surface area contributed by atoms with Crippen LogP contribution in [0.3, 0.4) is 0 Å². The first-order valence-corrected chi connectivity index (χ1v) is 10.4. The van der Waals surface area contributed by atoms with E-state index in [4.69, 9.17) is 4.74 Å². The number of thioether (sulfide) groups is 1. The van der Waals surface area contributed by atoms with Crippen LogP contribution in [0.25, 0.3) is 0 Å². The number of fused-ring (bicyclic) bond motifs is 1. The average molecular weight is 380 g/mol. The summed E-state index contributed by atoms with van der Waals surface area (Å²) >= 11 is 1.28. The van der Waals surface area contributed by atoms with Gasteiger partial charge in [-0.15, -0.1) is 0 Å². The van der Waals surface area contributed by atoms with Gasteiger partial charge in [-0.2, -0.15) is 0 Å². The predicted molar refractivity (Wildman–Crippen MR) is 100 cm³/mol. The smallest absolute Gasteiger partial charge is 0.207 e. The number of ether oxygens (including phenoxy) is 1. The number of rotatable bonds is 4. The van der Waals surface area contributed by atoms with E-state index in [1.54, 1.807) is 19.3 Å². The van der Waals surface area contributed by atoms with E-state index in [0.717, 1.165) is 5.56 Å². The Labute approximate surface area is 152 Å². The van der Waals surface area contributed by atoms with Crippen LogP contribution in [0.4, 0.5) is 0 Å². The third-order valence-corrected chi connectivity index (χ3v) is 8.41. The fourth-order valence-electron chi connectivity index (χ4n) is 2.81. The van der Waals surface area contributed by atoms with Crippen LogP contribution in [-0.4, -0.2) is 45.9 Å². The lowest BCUT2D eigenvalue weighted by Gasteiger charge is -2.23. The van der Waals surface area contributed by atoms with Crippen molar-refractivity contribution < 1.29 is 13.2 Å². The molecule has 0 N–H and O–H groups in total. The summed E-state index contributed by atoms with van der Waals surface area (Å²) in [6.45, 7) is 5.43. The topological polar surface area (TPSA) is 81.5 Å². The fourth-order valence-corrected chi connectivity index (χ4v) is 6.31. The van der Waals surface area contributed by atoms with Gasteiger partial charge in [-0.25, -0.2) is 18.4 Å². The molecule has 4 atom stereocenters. The molecule has 1 aromatic rings. The summed E-state index contributed by atoms with van der Waals surface area (Å²) in [6.07, 6.45) is 10.3. The number of aromatic nitrogens is 2. The summed E-state index contributed by atoms with van der Waals surface area (Å²) in [7, 11) is -2.20. The van der Waals surface area contributed by atoms with Crippen LogP contribution in [-0.2, 0) is 14.6 Å². The molecule has 0 fully saturated rings. The second kappa shape index (κ2) is 6.66. The molecule has 0 saturated carbocycles. The zero-order chi connectivity index (χ0) is 18.2. The van der Waals surface area contributed by atoms with E-state index in [0.29, 0.717) is 5.82 Å². The Morgan fingerprint density at radius 2 is 1.96 bits per heavy atom. The first-order chi connectivity index (χ1) is 11.8. The zero-order valence-electron chi connectivity index (χ0n) is 14.6. The molecule has 0 bridgehead atoms. The normalized spacial score (nSPS) is 27.7. The van der Waals surface area contributed by atoms with Crippen LogP contribution < -0.4 is 0 Å². The van der Waals surface area contributed by atoms with Gasteiger partial charge >= 0.3 is 0 Å². The second-order valence-corrected chi connectivity index (χ2v) is 10.0. The van der Waals surface area contributed by atoms with E-state index < -0.39 is 26.7 Å². The van der Waals surface area contributed by atoms with Gasteiger partial charge in [0.05, 0.1) is 16.0 Å². The monoisotopic (exact) mass is 379 g/mol. The molecule has 3 rings (SSSR count). The average Bonchev–Trinajstić information content (AvgIpc) is 2.95. The van der Waals surface area contributed by atoms with Crippen LogP contribution >= 0.6 is 11.8 Å². The summed E-state index contributed by atoms with van der Waals surface area (Å²) in [5.74, 6) is 0.358. The van der Waals surface area contributed by atoms with E-state index in [9.17, 15) is 8.42 Å². The Hall–Kier alpha value is -1.51. The lowest BCUT2D eigenvalue weighted by molar-refractivity contribution is 0.0952. The lowest BCUT2D eigenvalue weighted by Crippen LogP contribution is -2.31. The number of aliphatic imine (C=N–C) groups is 1. The molecule has 0 spiro atoms. The van der Waals surface area contributed by atoms with Crippen molar-refractivity contribution in [2.75, 3.05) is 7.11 Å². The van der Waals surface area contributed by atoms with Crippen LogP contribution in [0.1, 0.15) is 31.3 Å². The number of sulfone groups is 1. The van der Waals surface area contributed by atoms with Crippen molar-refractivity contribution in [1.29, 1.82) is 0 Å². The maximum Gasteiger partial charge on any atom is 0.207 e. The van der Waals surface area contributed by atoms with E-state index in [1.165, 1.54) is 18.9 Å². The highest BCUT2D eigenvalue weighted by Crippen LogP contribution is 2.42. The molecule has 2 heterocycles. The standard InChI is InChI=1S/C17H21N3O3S2/c1-11-9-18-15(19-10-11)14(23-4)12(2)25(21,22)16-20-17(3)8-6-5-7-13(17)24-16/h5-10,12-14H,1-4H3/t12-,13?,14-,17?/m0/s1. The van der Waals surface area contributed by atoms with Gasteiger partial charge in [0.2, 0.25) is 9.84 Å². The van der Waals surface area contributed by atoms with Gasteiger partial charge in [-0.3, -0.25) is 4.99 Å². The third-order valence-electron chi connectivity index (χ3n) is 4.44. The maximum absolute atomic E-state index is 13.1. The highest BCUT2D eigenvalue weighted by Gasteiger charge is 2.46. The lowest BCUT2D eigenvalue weighted by atomic mass is 9.94. The molecule has 0 radical (unpaired) electrons. The molecule has 0 amide bonds. The molecule has 1 aliphatic heterocycles. The number of methoxy groups -OCH3 is 1. The van der Waals surface area contributed by atoms with Gasteiger partial charge < -0.3 is 4.74 Å². The Kier molecular flexibility index (Phi) is 4.87. The molecule has 134 valence electrons. The molecule has 8 heteroatoms. The molecular formula is C17H21N3O3S2. The summed E-state index contributed by atoms with van der Waals surface area (Å²) < 4.78 is 31.8. The van der Waals surface area contributed by atoms with Crippen LogP contribution in [0.5, 0.6) is 0 Å². The maximum atomic E-state index is 13.1. The van der Waals surface area contributed by atoms with Gasteiger partial charge in [-0.1, -0.05) is 36.1 Å². The molecular weight excluding hydrogens is 358 g/mol. The first kappa shape index (κ1) is 18.3. The van der Waals surface area contributed by atoms with Gasteiger partial charge in [0.1, 0.15) is 6.10 Å². The van der Waals surface area contributed by atoms with Gasteiger partial charge in [0, 0.05) is 19.5 Å². The predicted octanol–water partition coefficient (Wildman–Crippen LogP) is 2.63. The van der Waals surface area contributed by atoms with Crippen molar-refractivity contribution in [2.24, 2.45) is 4.99 Å². The minimum atomic E-state index is -3.66. The van der Waals surface area contributed by atoms with Crippen molar-refractivity contribution >= 4 is 26.0 Å². The van der Waals surface area contributed by atoms with Gasteiger partial charge in [0.15, 0.2) is 10.2 Å². The van der Waals surface area contributed by atoms with Crippen molar-refractivity contribution in [3.8, 4) is 0 Å². The second-order valence-electron chi connectivity index (χ2n) is 6.41. The zero-order valence-corrected chi connectivity index (χ0v) is 16.2. The number of hydrogen-bond acceptors (Lipinski definition) is 7. The van der Waals surface area contributed by atoms with Crippen molar-refractivity contribution in [3.63, 3.8) is 0 Å². The highest BCUT2D eigenvalue weighted by atomic mass is 32.3. The summed E-state index contributed by atoms with van der Waals surface area (Å²) in [5.41, 5.74) is 0.380. The quantitative estimate of drug-likeness (QED) is 0.800. The molecule has 2 aliphatic rings. The Bertz CT molecular complexity index is 846. The summed E-state index contributed by atoms with van der Waals surface area (Å²) in [5, 5.41) is -0.853. The molecule has 25 heavy (non-hydrogen) atoms. The molecule has 2 unspecified atom stereocenters. The molecule has 1 aromatic heterocycles. The van der Waals surface area contributed by atoms with Crippen LogP contribution in [0, 0.1) is 6.92 Å². The first-order valence-electron chi connectivity index (χ1n) is 7.96. The van der Waals surface area contributed by atoms with E-state index in [2.05, 4.69) is 15.0 Å². The Morgan fingerprint density at radius 3 is 2.56 bits per heavy atom. The molecule has 0 aromatic carbocycles.